The summed E-state index contributed by atoms with van der Waals surface area (Å²) in [5.74, 6) is -0.585. The number of benzene rings is 2. The molecule has 2 aromatic heterocycles. The molecule has 4 aromatic rings. The van der Waals surface area contributed by atoms with Gasteiger partial charge in [0.1, 0.15) is 6.04 Å². The summed E-state index contributed by atoms with van der Waals surface area (Å²) in [4.78, 5) is 47.9. The fraction of sp³-hybridized carbons (Fsp3) is 0.292. The van der Waals surface area contributed by atoms with Crippen LogP contribution in [0.3, 0.4) is 0 Å². The number of likely N-dealkylation sites (tertiary alicyclic amines) is 1. The van der Waals surface area contributed by atoms with Gasteiger partial charge in [0.2, 0.25) is 11.9 Å². The summed E-state index contributed by atoms with van der Waals surface area (Å²) in [5.41, 5.74) is 2.66. The van der Waals surface area contributed by atoms with Gasteiger partial charge < -0.3 is 24.8 Å². The van der Waals surface area contributed by atoms with Crippen molar-refractivity contribution in [2.24, 2.45) is 7.05 Å². The van der Waals surface area contributed by atoms with Crippen LogP contribution in [0.1, 0.15) is 23.2 Å². The number of hydrogen-bond acceptors (Lipinski definition) is 8. The normalized spacial score (nSPS) is 15.4. The highest BCUT2D eigenvalue weighted by Crippen LogP contribution is 2.31. The lowest BCUT2D eigenvalue weighted by molar-refractivity contribution is -0.150. The zero-order chi connectivity index (χ0) is 25.4. The third-order valence-corrected chi connectivity index (χ3v) is 7.33. The summed E-state index contributed by atoms with van der Waals surface area (Å²) in [5, 5.41) is 7.21. The number of nitrogens with one attached hydrogen (secondary N) is 2. The molecule has 2 aromatic carbocycles. The van der Waals surface area contributed by atoms with Crippen molar-refractivity contribution in [2.75, 3.05) is 25.5 Å². The van der Waals surface area contributed by atoms with Gasteiger partial charge in [-0.05, 0) is 49.2 Å². The molecule has 1 aliphatic rings. The number of ether oxygens (including phenoxy) is 1. The van der Waals surface area contributed by atoms with Crippen molar-refractivity contribution in [1.82, 2.24) is 24.8 Å². The number of imidazole rings is 1. The van der Waals surface area contributed by atoms with Crippen LogP contribution in [0, 0.1) is 0 Å². The van der Waals surface area contributed by atoms with E-state index in [1.54, 1.807) is 24.3 Å². The van der Waals surface area contributed by atoms with Gasteiger partial charge in [0.25, 0.3) is 5.91 Å². The first-order valence-corrected chi connectivity index (χ1v) is 12.5. The first-order valence-electron chi connectivity index (χ1n) is 11.3. The Morgan fingerprint density at radius 2 is 2.00 bits per heavy atom. The Hall–Kier alpha value is -3.70. The van der Waals surface area contributed by atoms with Crippen LogP contribution < -0.4 is 10.6 Å². The standard InChI is InChI=1S/C24H23ClN6O4S/c1-30-17-8-5-13(21(33)26-12-20(32)31-9-3-4-18(31)22(34)35-2)10-16(17)27-23(30)29-24-28-15-7-6-14(25)11-19(15)36-24/h5-8,10-11,18H,3-4,9,12H2,1-2H3,(H,26,33)(H,27,28,29). The molecule has 0 spiro atoms. The van der Waals surface area contributed by atoms with Gasteiger partial charge in [-0.25, -0.2) is 14.8 Å². The van der Waals surface area contributed by atoms with Crippen molar-refractivity contribution in [3.05, 3.63) is 47.0 Å². The van der Waals surface area contributed by atoms with Crippen molar-refractivity contribution in [3.63, 3.8) is 0 Å². The lowest BCUT2D eigenvalue weighted by Crippen LogP contribution is -2.45. The smallest absolute Gasteiger partial charge is 0.328 e. The Labute approximate surface area is 215 Å². The Morgan fingerprint density at radius 3 is 2.81 bits per heavy atom. The molecule has 3 heterocycles. The highest BCUT2D eigenvalue weighted by Gasteiger charge is 2.34. The number of halogens is 1. The molecular formula is C24H23ClN6O4S. The third-order valence-electron chi connectivity index (χ3n) is 6.16. The molecule has 10 nitrogen and oxygen atoms in total. The second-order valence-electron chi connectivity index (χ2n) is 8.40. The van der Waals surface area contributed by atoms with Gasteiger partial charge in [0.05, 0.1) is 34.9 Å². The van der Waals surface area contributed by atoms with Crippen LogP contribution >= 0.6 is 22.9 Å². The van der Waals surface area contributed by atoms with Gasteiger partial charge in [0.15, 0.2) is 5.13 Å². The summed E-state index contributed by atoms with van der Waals surface area (Å²) in [7, 11) is 3.17. The Morgan fingerprint density at radius 1 is 1.17 bits per heavy atom. The van der Waals surface area contributed by atoms with E-state index >= 15 is 0 Å². The molecule has 1 fully saturated rings. The number of fused-ring (bicyclic) bond motifs is 2. The molecule has 1 atom stereocenters. The SMILES string of the molecule is COC(=O)C1CCCN1C(=O)CNC(=O)c1ccc2c(c1)nc(Nc1nc3ccc(Cl)cc3s1)n2C. The van der Waals surface area contributed by atoms with Crippen LogP contribution in [0.2, 0.25) is 5.02 Å². The molecule has 1 unspecified atom stereocenters. The van der Waals surface area contributed by atoms with Crippen molar-refractivity contribution in [2.45, 2.75) is 18.9 Å². The van der Waals surface area contributed by atoms with Gasteiger partial charge in [-0.2, -0.15) is 0 Å². The van der Waals surface area contributed by atoms with Crippen LogP contribution in [0.15, 0.2) is 36.4 Å². The minimum Gasteiger partial charge on any atom is -0.467 e. The number of amides is 2. The van der Waals surface area contributed by atoms with E-state index in [-0.39, 0.29) is 12.5 Å². The van der Waals surface area contributed by atoms with E-state index in [1.807, 2.05) is 23.7 Å². The Balaban J connectivity index is 1.28. The van der Waals surface area contributed by atoms with Crippen LogP contribution in [0.25, 0.3) is 21.3 Å². The number of thiazole rings is 1. The molecule has 186 valence electrons. The van der Waals surface area contributed by atoms with Crippen molar-refractivity contribution in [1.29, 1.82) is 0 Å². The summed E-state index contributed by atoms with van der Waals surface area (Å²) >= 11 is 7.54. The van der Waals surface area contributed by atoms with E-state index in [9.17, 15) is 14.4 Å². The van der Waals surface area contributed by atoms with E-state index in [4.69, 9.17) is 16.3 Å². The number of methoxy groups -OCH3 is 1. The number of anilines is 2. The second kappa shape index (κ2) is 9.75. The maximum Gasteiger partial charge on any atom is 0.328 e. The molecule has 2 amide bonds. The van der Waals surface area contributed by atoms with Crippen molar-refractivity contribution < 1.29 is 19.1 Å². The van der Waals surface area contributed by atoms with Gasteiger partial charge in [-0.15, -0.1) is 0 Å². The van der Waals surface area contributed by atoms with Gasteiger partial charge in [-0.3, -0.25) is 9.59 Å². The fourth-order valence-corrected chi connectivity index (χ4v) is 5.44. The molecule has 5 rings (SSSR count). The summed E-state index contributed by atoms with van der Waals surface area (Å²) in [6.07, 6.45) is 1.28. The maximum absolute atomic E-state index is 12.7. The number of carbonyl (C=O) groups excluding carboxylic acids is 3. The number of rotatable bonds is 6. The molecule has 0 aliphatic carbocycles. The number of nitrogens with zero attached hydrogens (tertiary/aromatic N) is 4. The van der Waals surface area contributed by atoms with E-state index in [0.29, 0.717) is 40.1 Å². The van der Waals surface area contributed by atoms with Gasteiger partial charge in [0, 0.05) is 24.2 Å². The summed E-state index contributed by atoms with van der Waals surface area (Å²) in [6, 6.07) is 10.1. The minimum absolute atomic E-state index is 0.207. The zero-order valence-electron chi connectivity index (χ0n) is 19.6. The number of aryl methyl sites for hydroxylation is 1. The Kier molecular flexibility index (Phi) is 6.50. The fourth-order valence-electron chi connectivity index (χ4n) is 4.31. The van der Waals surface area contributed by atoms with E-state index in [2.05, 4.69) is 20.6 Å². The van der Waals surface area contributed by atoms with Gasteiger partial charge in [-0.1, -0.05) is 22.9 Å². The molecule has 1 saturated heterocycles. The number of carbonyl (C=O) groups is 3. The topological polar surface area (TPSA) is 118 Å². The van der Waals surface area contributed by atoms with E-state index in [0.717, 1.165) is 22.2 Å². The third kappa shape index (κ3) is 4.59. The van der Waals surface area contributed by atoms with Crippen molar-refractivity contribution >= 4 is 73.1 Å². The largest absolute Gasteiger partial charge is 0.467 e. The quantitative estimate of drug-likeness (QED) is 0.369. The molecule has 0 radical (unpaired) electrons. The zero-order valence-corrected chi connectivity index (χ0v) is 21.2. The molecule has 12 heteroatoms. The number of aromatic nitrogens is 3. The molecule has 0 bridgehead atoms. The predicted molar refractivity (Wildman–Crippen MR) is 138 cm³/mol. The van der Waals surface area contributed by atoms with Crippen LogP contribution in [0.5, 0.6) is 0 Å². The number of hydrogen-bond donors (Lipinski definition) is 2. The predicted octanol–water partition coefficient (Wildman–Crippen LogP) is 3.47. The molecule has 2 N–H and O–H groups in total. The van der Waals surface area contributed by atoms with E-state index < -0.39 is 17.9 Å². The van der Waals surface area contributed by atoms with Crippen LogP contribution in [0.4, 0.5) is 11.1 Å². The summed E-state index contributed by atoms with van der Waals surface area (Å²) in [6.45, 7) is 0.257. The highest BCUT2D eigenvalue weighted by molar-refractivity contribution is 7.22. The van der Waals surface area contributed by atoms with Crippen molar-refractivity contribution in [3.8, 4) is 0 Å². The van der Waals surface area contributed by atoms with Crippen LogP contribution in [-0.2, 0) is 21.4 Å². The lowest BCUT2D eigenvalue weighted by atomic mass is 10.2. The van der Waals surface area contributed by atoms with Gasteiger partial charge >= 0.3 is 5.97 Å². The van der Waals surface area contributed by atoms with E-state index in [1.165, 1.54) is 23.3 Å². The Bertz CT molecular complexity index is 1500. The van der Waals surface area contributed by atoms with Crippen LogP contribution in [-0.4, -0.2) is 63.5 Å². The second-order valence-corrected chi connectivity index (χ2v) is 9.87. The monoisotopic (exact) mass is 526 g/mol. The number of esters is 1. The minimum atomic E-state index is -0.595. The highest BCUT2D eigenvalue weighted by atomic mass is 35.5. The molecule has 0 saturated carbocycles. The average Bonchev–Trinajstić information content (AvgIpc) is 3.59. The molecular weight excluding hydrogens is 504 g/mol. The molecule has 1 aliphatic heterocycles. The summed E-state index contributed by atoms with van der Waals surface area (Å²) < 4.78 is 7.61. The first kappa shape index (κ1) is 24.0. The molecule has 36 heavy (non-hydrogen) atoms. The maximum atomic E-state index is 12.7. The lowest BCUT2D eigenvalue weighted by Gasteiger charge is -2.22. The average molecular weight is 527 g/mol. The first-order chi connectivity index (χ1) is 17.3.